The quantitative estimate of drug-likeness (QED) is 0.811. The maximum absolute atomic E-state index is 13.9. The maximum atomic E-state index is 13.9. The highest BCUT2D eigenvalue weighted by molar-refractivity contribution is 5.23. The highest BCUT2D eigenvalue weighted by atomic mass is 19.1. The second-order valence-corrected chi connectivity index (χ2v) is 5.44. The van der Waals surface area contributed by atoms with Crippen LogP contribution < -0.4 is 5.32 Å². The molecule has 0 bridgehead atoms. The van der Waals surface area contributed by atoms with Gasteiger partial charge in [-0.15, -0.1) is 0 Å². The van der Waals surface area contributed by atoms with Crippen LogP contribution in [-0.4, -0.2) is 13.6 Å². The number of hydrogen-bond donors (Lipinski definition) is 1. The van der Waals surface area contributed by atoms with Crippen molar-refractivity contribution in [2.24, 2.45) is 11.8 Å². The first-order valence-corrected chi connectivity index (χ1v) is 6.55. The molecule has 0 aliphatic heterocycles. The van der Waals surface area contributed by atoms with Gasteiger partial charge in [-0.1, -0.05) is 26.8 Å². The Bertz CT molecular complexity index is 377. The van der Waals surface area contributed by atoms with Crippen molar-refractivity contribution < 1.29 is 8.78 Å². The Labute approximate surface area is 109 Å². The second kappa shape index (κ2) is 6.83. The summed E-state index contributed by atoms with van der Waals surface area (Å²) in [5.74, 6) is 0.0557. The predicted octanol–water partition coefficient (Wildman–Crippen LogP) is 3.95. The van der Waals surface area contributed by atoms with Gasteiger partial charge in [-0.2, -0.15) is 0 Å². The molecule has 0 aromatic heterocycles. The lowest BCUT2D eigenvalue weighted by molar-refractivity contribution is 0.357. The molecule has 1 aromatic rings. The van der Waals surface area contributed by atoms with Crippen molar-refractivity contribution in [2.75, 3.05) is 13.6 Å². The van der Waals surface area contributed by atoms with E-state index in [2.05, 4.69) is 26.1 Å². The van der Waals surface area contributed by atoms with E-state index in [1.54, 1.807) is 6.07 Å². The predicted molar refractivity (Wildman–Crippen MR) is 71.6 cm³/mol. The number of benzene rings is 1. The Balaban J connectivity index is 2.96. The number of rotatable bonds is 6. The molecule has 2 atom stereocenters. The zero-order chi connectivity index (χ0) is 13.7. The molecule has 0 saturated heterocycles. The lowest BCUT2D eigenvalue weighted by atomic mass is 9.82. The van der Waals surface area contributed by atoms with Crippen LogP contribution in [0.4, 0.5) is 8.78 Å². The second-order valence-electron chi connectivity index (χ2n) is 5.44. The Morgan fingerprint density at radius 2 is 1.83 bits per heavy atom. The van der Waals surface area contributed by atoms with E-state index in [1.807, 2.05) is 7.05 Å². The third-order valence-corrected chi connectivity index (χ3v) is 3.32. The van der Waals surface area contributed by atoms with Gasteiger partial charge < -0.3 is 5.32 Å². The molecule has 1 nitrogen and oxygen atoms in total. The van der Waals surface area contributed by atoms with Gasteiger partial charge in [0.1, 0.15) is 11.6 Å². The number of likely N-dealkylation sites (N-methyl/N-ethyl adjacent to an activating group) is 1. The molecule has 0 aliphatic rings. The third kappa shape index (κ3) is 4.05. The Morgan fingerprint density at radius 1 is 1.17 bits per heavy atom. The van der Waals surface area contributed by atoms with Crippen LogP contribution in [0.5, 0.6) is 0 Å². The Hall–Kier alpha value is -0.960. The molecule has 1 N–H and O–H groups in total. The van der Waals surface area contributed by atoms with Crippen molar-refractivity contribution in [1.29, 1.82) is 0 Å². The monoisotopic (exact) mass is 255 g/mol. The van der Waals surface area contributed by atoms with Crippen LogP contribution in [0.2, 0.25) is 0 Å². The van der Waals surface area contributed by atoms with Gasteiger partial charge in [0.05, 0.1) is 0 Å². The fourth-order valence-electron chi connectivity index (χ4n) is 2.55. The molecule has 18 heavy (non-hydrogen) atoms. The van der Waals surface area contributed by atoms with Crippen molar-refractivity contribution in [3.05, 3.63) is 35.4 Å². The molecule has 0 saturated carbocycles. The maximum Gasteiger partial charge on any atom is 0.129 e. The molecule has 102 valence electrons. The smallest absolute Gasteiger partial charge is 0.129 e. The van der Waals surface area contributed by atoms with E-state index in [0.29, 0.717) is 23.9 Å². The average molecular weight is 255 g/mol. The highest BCUT2D eigenvalue weighted by Gasteiger charge is 2.22. The van der Waals surface area contributed by atoms with Gasteiger partial charge in [-0.25, -0.2) is 8.78 Å². The molecule has 0 aliphatic carbocycles. The molecule has 2 unspecified atom stereocenters. The molecule has 0 amide bonds. The van der Waals surface area contributed by atoms with Crippen LogP contribution in [0.3, 0.4) is 0 Å². The van der Waals surface area contributed by atoms with E-state index in [1.165, 1.54) is 6.07 Å². The SMILES string of the molecule is CNCC(c1ccc(F)cc1F)C(C)CC(C)C. The van der Waals surface area contributed by atoms with E-state index >= 15 is 0 Å². The summed E-state index contributed by atoms with van der Waals surface area (Å²) < 4.78 is 26.8. The van der Waals surface area contributed by atoms with E-state index in [0.717, 1.165) is 12.5 Å². The lowest BCUT2D eigenvalue weighted by Crippen LogP contribution is -2.24. The van der Waals surface area contributed by atoms with Gasteiger partial charge in [-0.3, -0.25) is 0 Å². The van der Waals surface area contributed by atoms with Crippen molar-refractivity contribution in [1.82, 2.24) is 5.32 Å². The minimum absolute atomic E-state index is 0.0815. The molecule has 0 radical (unpaired) electrons. The normalized spacial score (nSPS) is 14.8. The van der Waals surface area contributed by atoms with E-state index in [9.17, 15) is 8.78 Å². The van der Waals surface area contributed by atoms with E-state index in [-0.39, 0.29) is 5.92 Å². The first kappa shape index (κ1) is 15.1. The number of hydrogen-bond acceptors (Lipinski definition) is 1. The zero-order valence-electron chi connectivity index (χ0n) is 11.6. The van der Waals surface area contributed by atoms with Crippen molar-refractivity contribution in [3.63, 3.8) is 0 Å². The number of halogens is 2. The van der Waals surface area contributed by atoms with Gasteiger partial charge in [0, 0.05) is 18.5 Å². The molecular weight excluding hydrogens is 232 g/mol. The minimum atomic E-state index is -0.518. The molecule has 0 fully saturated rings. The largest absolute Gasteiger partial charge is 0.319 e. The van der Waals surface area contributed by atoms with Gasteiger partial charge >= 0.3 is 0 Å². The zero-order valence-corrected chi connectivity index (χ0v) is 11.6. The minimum Gasteiger partial charge on any atom is -0.319 e. The van der Waals surface area contributed by atoms with E-state index < -0.39 is 11.6 Å². The Kier molecular flexibility index (Phi) is 5.73. The average Bonchev–Trinajstić information content (AvgIpc) is 2.25. The topological polar surface area (TPSA) is 12.0 Å². The number of nitrogens with one attached hydrogen (secondary N) is 1. The first-order chi connectivity index (χ1) is 8.45. The van der Waals surface area contributed by atoms with Crippen LogP contribution in [-0.2, 0) is 0 Å². The van der Waals surface area contributed by atoms with Crippen LogP contribution in [0, 0.1) is 23.5 Å². The fraction of sp³-hybridized carbons (Fsp3) is 0.600. The summed E-state index contributed by atoms with van der Waals surface area (Å²) in [6.07, 6.45) is 1.03. The van der Waals surface area contributed by atoms with E-state index in [4.69, 9.17) is 0 Å². The first-order valence-electron chi connectivity index (χ1n) is 6.55. The van der Waals surface area contributed by atoms with Crippen LogP contribution in [0.25, 0.3) is 0 Å². The van der Waals surface area contributed by atoms with Gasteiger partial charge in [0.2, 0.25) is 0 Å². The molecule has 0 spiro atoms. The third-order valence-electron chi connectivity index (χ3n) is 3.32. The van der Waals surface area contributed by atoms with Crippen molar-refractivity contribution in [2.45, 2.75) is 33.1 Å². The summed E-state index contributed by atoms with van der Waals surface area (Å²) in [7, 11) is 1.86. The summed E-state index contributed by atoms with van der Waals surface area (Å²) in [4.78, 5) is 0. The standard InChI is InChI=1S/C15H23F2N/c1-10(2)7-11(3)14(9-18-4)13-6-5-12(16)8-15(13)17/h5-6,8,10-11,14,18H,7,9H2,1-4H3. The van der Waals surface area contributed by atoms with Crippen LogP contribution in [0.1, 0.15) is 38.7 Å². The van der Waals surface area contributed by atoms with Gasteiger partial charge in [0.25, 0.3) is 0 Å². The van der Waals surface area contributed by atoms with Crippen molar-refractivity contribution in [3.8, 4) is 0 Å². The van der Waals surface area contributed by atoms with Crippen LogP contribution >= 0.6 is 0 Å². The molecule has 1 rings (SSSR count). The Morgan fingerprint density at radius 3 is 2.33 bits per heavy atom. The summed E-state index contributed by atoms with van der Waals surface area (Å²) in [6.45, 7) is 7.16. The summed E-state index contributed by atoms with van der Waals surface area (Å²) in [5, 5.41) is 3.10. The van der Waals surface area contributed by atoms with Crippen molar-refractivity contribution >= 4 is 0 Å². The lowest BCUT2D eigenvalue weighted by Gasteiger charge is -2.26. The van der Waals surface area contributed by atoms with Crippen LogP contribution in [0.15, 0.2) is 18.2 Å². The molecular formula is C15H23F2N. The summed E-state index contributed by atoms with van der Waals surface area (Å²) in [5.41, 5.74) is 0.610. The van der Waals surface area contributed by atoms with Gasteiger partial charge in [-0.05, 0) is 36.9 Å². The summed E-state index contributed by atoms with van der Waals surface area (Å²) >= 11 is 0. The molecule has 0 heterocycles. The van der Waals surface area contributed by atoms with Gasteiger partial charge in [0.15, 0.2) is 0 Å². The molecule has 1 aromatic carbocycles. The highest BCUT2D eigenvalue weighted by Crippen LogP contribution is 2.30. The fourth-order valence-corrected chi connectivity index (χ4v) is 2.55. The molecule has 3 heteroatoms. The summed E-state index contributed by atoms with van der Waals surface area (Å²) in [6, 6.07) is 3.88.